The average molecular weight is 345 g/mol. The van der Waals surface area contributed by atoms with Gasteiger partial charge >= 0.3 is 11.9 Å². The van der Waals surface area contributed by atoms with Crippen molar-refractivity contribution in [1.82, 2.24) is 4.57 Å². The standard InChI is InChI=1S/C17H19N3O5/c1-23-12-6-4-11(5-7-12)10-20-9-8-13(16(21)24-2)15(20)14(19-18)17(22)25-3/h4-9H,10,18H2,1-3H3/b19-14-. The number of carbonyl (C=O) groups is 2. The largest absolute Gasteiger partial charge is 0.497 e. The number of nitrogens with zero attached hydrogens (tertiary/aromatic N) is 2. The lowest BCUT2D eigenvalue weighted by Gasteiger charge is -2.12. The molecule has 0 aliphatic rings. The Labute approximate surface area is 144 Å². The normalized spacial score (nSPS) is 11.1. The van der Waals surface area contributed by atoms with E-state index in [-0.39, 0.29) is 17.0 Å². The summed E-state index contributed by atoms with van der Waals surface area (Å²) in [6, 6.07) is 8.92. The van der Waals surface area contributed by atoms with Crippen LogP contribution >= 0.6 is 0 Å². The van der Waals surface area contributed by atoms with E-state index in [4.69, 9.17) is 20.1 Å². The van der Waals surface area contributed by atoms with Crippen molar-refractivity contribution in [3.8, 4) is 5.75 Å². The Morgan fingerprint density at radius 1 is 1.08 bits per heavy atom. The number of rotatable bonds is 6. The van der Waals surface area contributed by atoms with Crippen LogP contribution in [0.4, 0.5) is 0 Å². The zero-order chi connectivity index (χ0) is 18.4. The van der Waals surface area contributed by atoms with Crippen LogP contribution in [-0.4, -0.2) is 43.5 Å². The molecule has 2 N–H and O–H groups in total. The van der Waals surface area contributed by atoms with Crippen molar-refractivity contribution in [2.75, 3.05) is 21.3 Å². The number of ether oxygens (including phenoxy) is 3. The zero-order valence-corrected chi connectivity index (χ0v) is 14.2. The predicted octanol–water partition coefficient (Wildman–Crippen LogP) is 1.17. The minimum atomic E-state index is -0.748. The van der Waals surface area contributed by atoms with E-state index in [9.17, 15) is 9.59 Å². The van der Waals surface area contributed by atoms with Gasteiger partial charge in [-0.05, 0) is 23.8 Å². The topological polar surface area (TPSA) is 105 Å². The Kier molecular flexibility index (Phi) is 5.78. The highest BCUT2D eigenvalue weighted by atomic mass is 16.5. The smallest absolute Gasteiger partial charge is 0.360 e. The number of carbonyl (C=O) groups excluding carboxylic acids is 2. The zero-order valence-electron chi connectivity index (χ0n) is 14.2. The molecule has 2 aromatic rings. The fourth-order valence-electron chi connectivity index (χ4n) is 2.38. The Morgan fingerprint density at radius 2 is 1.76 bits per heavy atom. The van der Waals surface area contributed by atoms with Crippen LogP contribution in [0.2, 0.25) is 0 Å². The van der Waals surface area contributed by atoms with Crippen LogP contribution in [0.1, 0.15) is 21.6 Å². The first-order valence-corrected chi connectivity index (χ1v) is 7.32. The summed E-state index contributed by atoms with van der Waals surface area (Å²) in [5.74, 6) is 4.73. The monoisotopic (exact) mass is 345 g/mol. The van der Waals surface area contributed by atoms with Crippen LogP contribution in [0, 0.1) is 0 Å². The number of benzene rings is 1. The molecule has 0 radical (unpaired) electrons. The molecule has 1 aromatic carbocycles. The van der Waals surface area contributed by atoms with Gasteiger partial charge in [-0.1, -0.05) is 12.1 Å². The number of aromatic nitrogens is 1. The van der Waals surface area contributed by atoms with Gasteiger partial charge in [0, 0.05) is 12.7 Å². The average Bonchev–Trinajstić information content (AvgIpc) is 3.05. The van der Waals surface area contributed by atoms with Gasteiger partial charge in [-0.25, -0.2) is 9.59 Å². The number of nitrogens with two attached hydrogens (primary N) is 1. The number of esters is 2. The lowest BCUT2D eigenvalue weighted by atomic mass is 10.1. The molecule has 132 valence electrons. The fraction of sp³-hybridized carbons (Fsp3) is 0.235. The molecular formula is C17H19N3O5. The van der Waals surface area contributed by atoms with E-state index in [1.165, 1.54) is 14.2 Å². The third kappa shape index (κ3) is 3.79. The molecule has 0 saturated carbocycles. The van der Waals surface area contributed by atoms with Crippen LogP contribution in [-0.2, 0) is 20.8 Å². The van der Waals surface area contributed by atoms with Crippen LogP contribution in [0.5, 0.6) is 5.75 Å². The molecule has 8 nitrogen and oxygen atoms in total. The highest BCUT2D eigenvalue weighted by Crippen LogP contribution is 2.18. The molecule has 0 spiro atoms. The Morgan fingerprint density at radius 3 is 2.28 bits per heavy atom. The Balaban J connectivity index is 2.48. The summed E-state index contributed by atoms with van der Waals surface area (Å²) in [5, 5.41) is 3.50. The summed E-state index contributed by atoms with van der Waals surface area (Å²) < 4.78 is 16.3. The third-order valence-electron chi connectivity index (χ3n) is 3.61. The van der Waals surface area contributed by atoms with Crippen LogP contribution in [0.25, 0.3) is 0 Å². The first-order chi connectivity index (χ1) is 12.0. The first-order valence-electron chi connectivity index (χ1n) is 7.32. The van der Waals surface area contributed by atoms with Gasteiger partial charge < -0.3 is 24.6 Å². The molecule has 25 heavy (non-hydrogen) atoms. The Bertz CT molecular complexity index is 793. The summed E-state index contributed by atoms with van der Waals surface area (Å²) in [6.45, 7) is 0.381. The molecular weight excluding hydrogens is 326 g/mol. The SMILES string of the molecule is COC(=O)/C(=N\N)c1c(C(=O)OC)ccn1Cc1ccc(OC)cc1. The van der Waals surface area contributed by atoms with E-state index in [1.807, 2.05) is 24.3 Å². The summed E-state index contributed by atoms with van der Waals surface area (Å²) >= 11 is 0. The molecule has 0 fully saturated rings. The Hall–Kier alpha value is -3.29. The predicted molar refractivity (Wildman–Crippen MR) is 90.6 cm³/mol. The van der Waals surface area contributed by atoms with Gasteiger partial charge in [-0.3, -0.25) is 0 Å². The molecule has 0 amide bonds. The van der Waals surface area contributed by atoms with Crippen molar-refractivity contribution in [1.29, 1.82) is 0 Å². The van der Waals surface area contributed by atoms with Gasteiger partial charge in [-0.2, -0.15) is 5.10 Å². The number of hydrazone groups is 1. The van der Waals surface area contributed by atoms with Crippen LogP contribution < -0.4 is 10.6 Å². The summed E-state index contributed by atoms with van der Waals surface area (Å²) in [4.78, 5) is 24.0. The molecule has 0 atom stereocenters. The van der Waals surface area contributed by atoms with E-state index in [0.29, 0.717) is 6.54 Å². The third-order valence-corrected chi connectivity index (χ3v) is 3.61. The molecule has 0 bridgehead atoms. The van der Waals surface area contributed by atoms with Gasteiger partial charge in [0.25, 0.3) is 0 Å². The highest BCUT2D eigenvalue weighted by Gasteiger charge is 2.26. The first kappa shape index (κ1) is 18.1. The molecule has 2 rings (SSSR count). The summed E-state index contributed by atoms with van der Waals surface area (Å²) in [7, 11) is 4.05. The van der Waals surface area contributed by atoms with Crippen molar-refractivity contribution in [3.05, 3.63) is 53.3 Å². The van der Waals surface area contributed by atoms with E-state index >= 15 is 0 Å². The van der Waals surface area contributed by atoms with Gasteiger partial charge in [0.1, 0.15) is 5.75 Å². The molecule has 1 heterocycles. The molecule has 8 heteroatoms. The van der Waals surface area contributed by atoms with Crippen molar-refractivity contribution in [3.63, 3.8) is 0 Å². The second-order valence-corrected chi connectivity index (χ2v) is 5.01. The van der Waals surface area contributed by atoms with Crippen molar-refractivity contribution in [2.24, 2.45) is 10.9 Å². The molecule has 1 aromatic heterocycles. The van der Waals surface area contributed by atoms with Crippen molar-refractivity contribution < 1.29 is 23.8 Å². The van der Waals surface area contributed by atoms with E-state index in [1.54, 1.807) is 23.9 Å². The molecule has 0 aliphatic heterocycles. The molecule has 0 aliphatic carbocycles. The fourth-order valence-corrected chi connectivity index (χ4v) is 2.38. The lowest BCUT2D eigenvalue weighted by Crippen LogP contribution is -2.25. The van der Waals surface area contributed by atoms with E-state index in [2.05, 4.69) is 5.10 Å². The minimum Gasteiger partial charge on any atom is -0.497 e. The van der Waals surface area contributed by atoms with E-state index in [0.717, 1.165) is 11.3 Å². The molecule has 0 saturated heterocycles. The van der Waals surface area contributed by atoms with Crippen LogP contribution in [0.15, 0.2) is 41.6 Å². The highest BCUT2D eigenvalue weighted by molar-refractivity contribution is 6.44. The molecule has 0 unspecified atom stereocenters. The van der Waals surface area contributed by atoms with Gasteiger partial charge in [0.2, 0.25) is 0 Å². The van der Waals surface area contributed by atoms with Gasteiger partial charge in [-0.15, -0.1) is 0 Å². The number of hydrogen-bond donors (Lipinski definition) is 1. The maximum Gasteiger partial charge on any atom is 0.360 e. The van der Waals surface area contributed by atoms with Crippen LogP contribution in [0.3, 0.4) is 0 Å². The van der Waals surface area contributed by atoms with Crippen molar-refractivity contribution in [2.45, 2.75) is 6.54 Å². The lowest BCUT2D eigenvalue weighted by molar-refractivity contribution is -0.132. The second kappa shape index (κ2) is 8.00. The summed E-state index contributed by atoms with van der Waals surface area (Å²) in [5.41, 5.74) is 1.17. The maximum atomic E-state index is 12.0. The number of hydrogen-bond acceptors (Lipinski definition) is 7. The van der Waals surface area contributed by atoms with E-state index < -0.39 is 11.9 Å². The maximum absolute atomic E-state index is 12.0. The second-order valence-electron chi connectivity index (χ2n) is 5.01. The van der Waals surface area contributed by atoms with Gasteiger partial charge in [0.15, 0.2) is 5.71 Å². The number of methoxy groups -OCH3 is 3. The summed E-state index contributed by atoms with van der Waals surface area (Å²) in [6.07, 6.45) is 1.65. The van der Waals surface area contributed by atoms with Crippen molar-refractivity contribution >= 4 is 17.7 Å². The van der Waals surface area contributed by atoms with Gasteiger partial charge in [0.05, 0.1) is 32.6 Å². The quantitative estimate of drug-likeness (QED) is 0.365. The minimum absolute atomic E-state index is 0.165.